The van der Waals surface area contributed by atoms with E-state index in [-0.39, 0.29) is 5.82 Å². The van der Waals surface area contributed by atoms with Crippen LogP contribution in [-0.4, -0.2) is 6.61 Å². The van der Waals surface area contributed by atoms with E-state index in [1.165, 1.54) is 11.6 Å². The lowest BCUT2D eigenvalue weighted by atomic mass is 9.97. The summed E-state index contributed by atoms with van der Waals surface area (Å²) in [5.41, 5.74) is 8.92. The van der Waals surface area contributed by atoms with Gasteiger partial charge in [0.05, 0.1) is 6.61 Å². The van der Waals surface area contributed by atoms with E-state index >= 15 is 0 Å². The monoisotopic (exact) mass is 413 g/mol. The van der Waals surface area contributed by atoms with E-state index in [2.05, 4.69) is 37.9 Å². The number of hydrogen-bond acceptors (Lipinski definition) is 2. The van der Waals surface area contributed by atoms with Crippen molar-refractivity contribution in [2.75, 3.05) is 6.61 Å². The summed E-state index contributed by atoms with van der Waals surface area (Å²) < 4.78 is 21.4. The Balaban J connectivity index is 1.90. The molecule has 2 aromatic rings. The number of halogens is 3. The summed E-state index contributed by atoms with van der Waals surface area (Å²) in [6.45, 7) is 0.695. The second-order valence-electron chi connectivity index (χ2n) is 5.13. The first-order valence-electron chi connectivity index (χ1n) is 6.69. The predicted molar refractivity (Wildman–Crippen MR) is 88.1 cm³/mol. The molecule has 1 aliphatic heterocycles. The van der Waals surface area contributed by atoms with E-state index < -0.39 is 6.04 Å². The second-order valence-corrected chi connectivity index (χ2v) is 6.96. The average Bonchev–Trinajstić information content (AvgIpc) is 2.86. The van der Waals surface area contributed by atoms with E-state index in [4.69, 9.17) is 10.5 Å². The maximum absolute atomic E-state index is 14.0. The van der Waals surface area contributed by atoms with Crippen molar-refractivity contribution in [2.45, 2.75) is 18.9 Å². The fourth-order valence-corrected chi connectivity index (χ4v) is 3.53. The molecule has 0 radical (unpaired) electrons. The van der Waals surface area contributed by atoms with Gasteiger partial charge >= 0.3 is 0 Å². The van der Waals surface area contributed by atoms with Crippen LogP contribution in [0.25, 0.3) is 0 Å². The molecule has 0 aromatic heterocycles. The topological polar surface area (TPSA) is 35.2 Å². The number of rotatable bonds is 3. The van der Waals surface area contributed by atoms with Crippen LogP contribution in [0.5, 0.6) is 5.75 Å². The van der Waals surface area contributed by atoms with Gasteiger partial charge in [0.25, 0.3) is 0 Å². The van der Waals surface area contributed by atoms with Crippen molar-refractivity contribution in [1.29, 1.82) is 0 Å². The summed E-state index contributed by atoms with van der Waals surface area (Å²) in [5, 5.41) is 0. The third-order valence-electron chi connectivity index (χ3n) is 3.63. The summed E-state index contributed by atoms with van der Waals surface area (Å²) in [6, 6.07) is 8.64. The maximum Gasteiger partial charge on any atom is 0.129 e. The lowest BCUT2D eigenvalue weighted by Crippen LogP contribution is -2.15. The van der Waals surface area contributed by atoms with Crippen LogP contribution in [0.4, 0.5) is 4.39 Å². The van der Waals surface area contributed by atoms with Crippen LogP contribution in [0, 0.1) is 5.82 Å². The first-order valence-corrected chi connectivity index (χ1v) is 8.28. The van der Waals surface area contributed by atoms with Crippen LogP contribution < -0.4 is 10.5 Å². The van der Waals surface area contributed by atoms with Crippen LogP contribution in [0.15, 0.2) is 39.3 Å². The molecule has 0 amide bonds. The molecule has 2 nitrogen and oxygen atoms in total. The highest BCUT2D eigenvalue weighted by Crippen LogP contribution is 2.35. The van der Waals surface area contributed by atoms with Gasteiger partial charge in [-0.3, -0.25) is 0 Å². The lowest BCUT2D eigenvalue weighted by Gasteiger charge is -2.16. The summed E-state index contributed by atoms with van der Waals surface area (Å²) >= 11 is 6.76. The van der Waals surface area contributed by atoms with Crippen molar-refractivity contribution in [3.63, 3.8) is 0 Å². The summed E-state index contributed by atoms with van der Waals surface area (Å²) in [4.78, 5) is 0. The number of fused-ring (bicyclic) bond motifs is 1. The van der Waals surface area contributed by atoms with Gasteiger partial charge in [0.1, 0.15) is 11.6 Å². The summed E-state index contributed by atoms with van der Waals surface area (Å²) in [6.07, 6.45) is 1.45. The minimum absolute atomic E-state index is 0.288. The number of benzene rings is 2. The highest BCUT2D eigenvalue weighted by Gasteiger charge is 2.20. The van der Waals surface area contributed by atoms with Gasteiger partial charge in [-0.15, -0.1) is 0 Å². The fourth-order valence-electron chi connectivity index (χ4n) is 2.65. The smallest absolute Gasteiger partial charge is 0.129 e. The largest absolute Gasteiger partial charge is 0.493 e. The number of nitrogens with two attached hydrogens (primary N) is 1. The van der Waals surface area contributed by atoms with Crippen LogP contribution in [0.2, 0.25) is 0 Å². The van der Waals surface area contributed by atoms with E-state index in [9.17, 15) is 4.39 Å². The van der Waals surface area contributed by atoms with Gasteiger partial charge in [0, 0.05) is 27.0 Å². The Morgan fingerprint density at radius 3 is 2.76 bits per heavy atom. The summed E-state index contributed by atoms with van der Waals surface area (Å²) in [5.74, 6) is 0.621. The molecule has 0 saturated carbocycles. The highest BCUT2D eigenvalue weighted by molar-refractivity contribution is 9.10. The van der Waals surface area contributed by atoms with Gasteiger partial charge < -0.3 is 10.5 Å². The van der Waals surface area contributed by atoms with Gasteiger partial charge in [0.15, 0.2) is 0 Å². The maximum atomic E-state index is 14.0. The molecule has 0 saturated heterocycles. The standard InChI is InChI=1S/C16H14Br2FNO/c17-11-1-2-13(14(19)8-11)15(20)7-10-6-12(18)5-9-3-4-21-16(9)10/h1-2,5-6,8,15H,3-4,7,20H2. The second kappa shape index (κ2) is 6.07. The molecular weight excluding hydrogens is 401 g/mol. The highest BCUT2D eigenvalue weighted by atomic mass is 79.9. The zero-order chi connectivity index (χ0) is 15.0. The third kappa shape index (κ3) is 3.15. The van der Waals surface area contributed by atoms with Crippen molar-refractivity contribution in [3.05, 3.63) is 61.8 Å². The number of ether oxygens (including phenoxy) is 1. The Hall–Kier alpha value is -0.910. The fraction of sp³-hybridized carbons (Fsp3) is 0.250. The molecule has 5 heteroatoms. The zero-order valence-electron chi connectivity index (χ0n) is 11.2. The molecule has 3 rings (SSSR count). The molecule has 1 unspecified atom stereocenters. The Kier molecular flexibility index (Phi) is 4.33. The average molecular weight is 415 g/mol. The molecule has 0 spiro atoms. The number of hydrogen-bond donors (Lipinski definition) is 1. The molecular formula is C16H14Br2FNO. The SMILES string of the molecule is NC(Cc1cc(Br)cc2c1OCC2)c1ccc(Br)cc1F. The molecule has 1 heterocycles. The van der Waals surface area contributed by atoms with E-state index in [1.54, 1.807) is 12.1 Å². The van der Waals surface area contributed by atoms with Gasteiger partial charge in [-0.25, -0.2) is 4.39 Å². The van der Waals surface area contributed by atoms with Gasteiger partial charge in [-0.05, 0) is 41.8 Å². The lowest BCUT2D eigenvalue weighted by molar-refractivity contribution is 0.352. The van der Waals surface area contributed by atoms with Crippen molar-refractivity contribution in [3.8, 4) is 5.75 Å². The molecule has 21 heavy (non-hydrogen) atoms. The van der Waals surface area contributed by atoms with Gasteiger partial charge in [0.2, 0.25) is 0 Å². The van der Waals surface area contributed by atoms with Crippen LogP contribution >= 0.6 is 31.9 Å². The van der Waals surface area contributed by atoms with E-state index in [0.29, 0.717) is 23.1 Å². The van der Waals surface area contributed by atoms with E-state index in [0.717, 1.165) is 22.2 Å². The van der Waals surface area contributed by atoms with Crippen molar-refractivity contribution in [1.82, 2.24) is 0 Å². The van der Waals surface area contributed by atoms with Crippen LogP contribution in [0.3, 0.4) is 0 Å². The molecule has 2 aromatic carbocycles. The van der Waals surface area contributed by atoms with Crippen LogP contribution in [0.1, 0.15) is 22.7 Å². The normalized spacial score (nSPS) is 14.7. The Morgan fingerprint density at radius 1 is 1.19 bits per heavy atom. The minimum Gasteiger partial charge on any atom is -0.493 e. The van der Waals surface area contributed by atoms with Crippen LogP contribution in [-0.2, 0) is 12.8 Å². The van der Waals surface area contributed by atoms with Crippen molar-refractivity contribution < 1.29 is 9.13 Å². The third-order valence-corrected chi connectivity index (χ3v) is 4.58. The Labute approximate surface area is 139 Å². The molecule has 0 fully saturated rings. The first kappa shape index (κ1) is 15.0. The van der Waals surface area contributed by atoms with Crippen molar-refractivity contribution >= 4 is 31.9 Å². The minimum atomic E-state index is -0.402. The molecule has 0 bridgehead atoms. The zero-order valence-corrected chi connectivity index (χ0v) is 14.4. The first-order chi connectivity index (χ1) is 10.0. The van der Waals surface area contributed by atoms with Gasteiger partial charge in [-0.1, -0.05) is 37.9 Å². The van der Waals surface area contributed by atoms with Crippen molar-refractivity contribution in [2.24, 2.45) is 5.73 Å². The quantitative estimate of drug-likeness (QED) is 0.800. The molecule has 1 aliphatic rings. The molecule has 0 aliphatic carbocycles. The summed E-state index contributed by atoms with van der Waals surface area (Å²) in [7, 11) is 0. The molecule has 1 atom stereocenters. The molecule has 2 N–H and O–H groups in total. The Morgan fingerprint density at radius 2 is 2.00 bits per heavy atom. The predicted octanol–water partition coefficient (Wildman–Crippen LogP) is 4.53. The van der Waals surface area contributed by atoms with Gasteiger partial charge in [-0.2, -0.15) is 0 Å². The molecule has 110 valence electrons. The van der Waals surface area contributed by atoms with E-state index in [1.807, 2.05) is 6.07 Å². The Bertz CT molecular complexity index is 690.